The maximum absolute atomic E-state index is 5.19. The van der Waals surface area contributed by atoms with Gasteiger partial charge in [0.1, 0.15) is 5.76 Å². The summed E-state index contributed by atoms with van der Waals surface area (Å²) in [4.78, 5) is 2.61. The molecule has 1 heterocycles. The molecule has 1 N–H and O–H groups in total. The van der Waals surface area contributed by atoms with Crippen LogP contribution < -0.4 is 10.2 Å². The predicted octanol–water partition coefficient (Wildman–Crippen LogP) is 5.52. The van der Waals surface area contributed by atoms with Crippen LogP contribution in [0.1, 0.15) is 61.5 Å². The van der Waals surface area contributed by atoms with Gasteiger partial charge in [0.25, 0.3) is 0 Å². The number of nitrogens with one attached hydrogen (secondary N) is 1. The number of nitrogens with zero attached hydrogens (tertiary/aromatic N) is 2. The van der Waals surface area contributed by atoms with Gasteiger partial charge in [-0.25, -0.2) is 0 Å². The van der Waals surface area contributed by atoms with Gasteiger partial charge >= 0.3 is 0 Å². The van der Waals surface area contributed by atoms with E-state index in [4.69, 9.17) is 4.52 Å². The van der Waals surface area contributed by atoms with Crippen molar-refractivity contribution in [2.45, 2.75) is 65.3 Å². The molecule has 1 fully saturated rings. The molecule has 0 amide bonds. The Morgan fingerprint density at radius 3 is 2.52 bits per heavy atom. The monoisotopic (exact) mass is 389 g/mol. The van der Waals surface area contributed by atoms with E-state index in [0.29, 0.717) is 0 Å². The Bertz CT molecular complexity index is 752. The lowest BCUT2D eigenvalue weighted by molar-refractivity contribution is 0.399. The third-order valence-electron chi connectivity index (χ3n) is 6.06. The highest BCUT2D eigenvalue weighted by Gasteiger charge is 2.22. The third kappa shape index (κ3) is 4.60. The van der Waals surface area contributed by atoms with E-state index in [1.165, 1.54) is 62.7 Å². The van der Waals surface area contributed by atoms with Crippen LogP contribution in [0.2, 0.25) is 0 Å². The van der Waals surface area contributed by atoms with Gasteiger partial charge in [-0.05, 0) is 74.6 Å². The van der Waals surface area contributed by atoms with Crippen molar-refractivity contribution in [2.24, 2.45) is 5.92 Å². The molecule has 1 aromatic carbocycles. The fourth-order valence-electron chi connectivity index (χ4n) is 4.64. The van der Waals surface area contributed by atoms with Crippen molar-refractivity contribution in [3.63, 3.8) is 0 Å². The Balaban J connectivity index is 0.00000210. The maximum Gasteiger partial charge on any atom is 0.169 e. The number of fused-ring (bicyclic) bond motifs is 1. The highest BCUT2D eigenvalue weighted by molar-refractivity contribution is 5.85. The van der Waals surface area contributed by atoms with Crippen molar-refractivity contribution in [2.75, 3.05) is 23.3 Å². The van der Waals surface area contributed by atoms with Crippen molar-refractivity contribution in [1.82, 2.24) is 5.16 Å². The fourth-order valence-corrected chi connectivity index (χ4v) is 4.64. The molecule has 2 aliphatic carbocycles. The number of hydrogen-bond acceptors (Lipinski definition) is 4. The molecule has 2 aromatic rings. The average Bonchev–Trinajstić information content (AvgIpc) is 3.39. The van der Waals surface area contributed by atoms with Gasteiger partial charge in [-0.2, -0.15) is 0 Å². The van der Waals surface area contributed by atoms with Gasteiger partial charge in [-0.1, -0.05) is 24.1 Å². The number of hydrogen-bond donors (Lipinski definition) is 1. The number of rotatable bonds is 7. The van der Waals surface area contributed by atoms with E-state index >= 15 is 0 Å². The van der Waals surface area contributed by atoms with E-state index in [2.05, 4.69) is 34.4 Å². The van der Waals surface area contributed by atoms with Crippen molar-refractivity contribution in [3.8, 4) is 0 Å². The van der Waals surface area contributed by atoms with E-state index in [9.17, 15) is 0 Å². The van der Waals surface area contributed by atoms with Crippen LogP contribution in [0.3, 0.4) is 0 Å². The largest absolute Gasteiger partial charge is 0.371 e. The molecule has 4 rings (SSSR count). The minimum Gasteiger partial charge on any atom is -0.371 e. The van der Waals surface area contributed by atoms with E-state index in [-0.39, 0.29) is 12.4 Å². The lowest BCUT2D eigenvalue weighted by atomic mass is 10.0. The van der Waals surface area contributed by atoms with Crippen LogP contribution in [-0.2, 0) is 19.4 Å². The predicted molar refractivity (Wildman–Crippen MR) is 114 cm³/mol. The zero-order valence-corrected chi connectivity index (χ0v) is 17.4. The molecular weight excluding hydrogens is 358 g/mol. The topological polar surface area (TPSA) is 41.3 Å². The zero-order valence-electron chi connectivity index (χ0n) is 16.6. The summed E-state index contributed by atoms with van der Waals surface area (Å²) in [5.41, 5.74) is 5.92. The molecule has 4 nitrogen and oxygen atoms in total. The van der Waals surface area contributed by atoms with Crippen LogP contribution in [0, 0.1) is 12.8 Å². The summed E-state index contributed by atoms with van der Waals surface area (Å²) in [5.74, 6) is 2.54. The molecule has 0 radical (unpaired) electrons. The summed E-state index contributed by atoms with van der Waals surface area (Å²) in [6.07, 6.45) is 9.36. The van der Waals surface area contributed by atoms with E-state index in [1.807, 2.05) is 13.0 Å². The highest BCUT2D eigenvalue weighted by Crippen LogP contribution is 2.33. The second-order valence-corrected chi connectivity index (χ2v) is 7.97. The molecule has 0 unspecified atom stereocenters. The number of anilines is 2. The molecule has 0 bridgehead atoms. The normalized spacial score (nSPS) is 16.2. The molecule has 2 aliphatic rings. The van der Waals surface area contributed by atoms with Gasteiger partial charge < -0.3 is 14.7 Å². The molecule has 148 valence electrons. The summed E-state index contributed by atoms with van der Waals surface area (Å²) in [6.45, 7) is 7.30. The van der Waals surface area contributed by atoms with Crippen molar-refractivity contribution in [3.05, 3.63) is 40.6 Å². The second kappa shape index (κ2) is 9.01. The summed E-state index contributed by atoms with van der Waals surface area (Å²) >= 11 is 0. The van der Waals surface area contributed by atoms with Crippen LogP contribution in [0.15, 0.2) is 22.7 Å². The minimum atomic E-state index is 0. The Hall–Kier alpha value is -1.68. The molecule has 0 aliphatic heterocycles. The highest BCUT2D eigenvalue weighted by atomic mass is 35.5. The molecule has 5 heteroatoms. The Kier molecular flexibility index (Phi) is 6.69. The number of aryl methyl sites for hydroxylation is 3. The number of benzene rings is 1. The van der Waals surface area contributed by atoms with Gasteiger partial charge in [-0.3, -0.25) is 0 Å². The first kappa shape index (κ1) is 20.1. The van der Waals surface area contributed by atoms with Gasteiger partial charge in [0.2, 0.25) is 0 Å². The molecule has 0 saturated heterocycles. The minimum absolute atomic E-state index is 0. The Labute approximate surface area is 169 Å². The van der Waals surface area contributed by atoms with Crippen molar-refractivity contribution < 1.29 is 4.52 Å². The van der Waals surface area contributed by atoms with Gasteiger partial charge in [0.05, 0.1) is 0 Å². The van der Waals surface area contributed by atoms with Gasteiger partial charge in [0, 0.05) is 31.4 Å². The van der Waals surface area contributed by atoms with Crippen LogP contribution >= 0.6 is 12.4 Å². The fraction of sp³-hybridized carbons (Fsp3) is 0.591. The summed E-state index contributed by atoms with van der Waals surface area (Å²) in [6, 6.07) is 6.88. The maximum atomic E-state index is 5.19. The van der Waals surface area contributed by atoms with Crippen LogP contribution in [0.4, 0.5) is 11.5 Å². The van der Waals surface area contributed by atoms with E-state index in [1.54, 1.807) is 11.1 Å². The van der Waals surface area contributed by atoms with Crippen LogP contribution in [0.25, 0.3) is 0 Å². The van der Waals surface area contributed by atoms with Crippen LogP contribution in [0.5, 0.6) is 0 Å². The molecule has 1 saturated carbocycles. The molecule has 1 aromatic heterocycles. The second-order valence-electron chi connectivity index (χ2n) is 7.97. The molecule has 27 heavy (non-hydrogen) atoms. The summed E-state index contributed by atoms with van der Waals surface area (Å²) in [7, 11) is 0. The van der Waals surface area contributed by atoms with E-state index < -0.39 is 0 Å². The smallest absolute Gasteiger partial charge is 0.169 e. The first-order valence-corrected chi connectivity index (χ1v) is 10.3. The lowest BCUT2D eigenvalue weighted by Crippen LogP contribution is -2.29. The Morgan fingerprint density at radius 2 is 1.85 bits per heavy atom. The Morgan fingerprint density at radius 1 is 1.11 bits per heavy atom. The molecule has 0 atom stereocenters. The first-order chi connectivity index (χ1) is 12.7. The first-order valence-electron chi connectivity index (χ1n) is 10.3. The van der Waals surface area contributed by atoms with Crippen LogP contribution in [-0.4, -0.2) is 18.2 Å². The van der Waals surface area contributed by atoms with E-state index in [0.717, 1.165) is 30.6 Å². The lowest BCUT2D eigenvalue weighted by Gasteiger charge is -2.29. The van der Waals surface area contributed by atoms with Gasteiger partial charge in [-0.15, -0.1) is 12.4 Å². The third-order valence-corrected chi connectivity index (χ3v) is 6.06. The summed E-state index contributed by atoms with van der Waals surface area (Å²) in [5, 5.41) is 7.54. The molecule has 0 spiro atoms. The summed E-state index contributed by atoms with van der Waals surface area (Å²) < 4.78 is 5.19. The van der Waals surface area contributed by atoms with Crippen molar-refractivity contribution in [1.29, 1.82) is 0 Å². The number of halogens is 1. The SMILES string of the molecule is CCN(CC1CCCC1)c1cc2c(cc1CNc1cc(C)on1)CCC2.Cl. The average molecular weight is 390 g/mol. The number of aromatic nitrogens is 1. The van der Waals surface area contributed by atoms with Crippen molar-refractivity contribution >= 4 is 23.9 Å². The quantitative estimate of drug-likeness (QED) is 0.676. The molecular formula is C22H32ClN3O. The van der Waals surface area contributed by atoms with Gasteiger partial charge in [0.15, 0.2) is 5.82 Å². The standard InChI is InChI=1S/C22H31N3O.ClH/c1-3-25(15-17-7-4-5-8-17)21-13-19-10-6-9-18(19)12-20(21)14-23-22-11-16(2)26-24-22;/h11-13,17H,3-10,14-15H2,1-2H3,(H,23,24);1H. The zero-order chi connectivity index (χ0) is 17.9.